The lowest BCUT2D eigenvalue weighted by Gasteiger charge is -2.26. The van der Waals surface area contributed by atoms with Gasteiger partial charge in [0.25, 0.3) is 11.8 Å². The molecule has 3 heterocycles. The largest absolute Gasteiger partial charge is 0.446 e. The average molecular weight is 551 g/mol. The zero-order valence-electron chi connectivity index (χ0n) is 22.7. The van der Waals surface area contributed by atoms with Crippen molar-refractivity contribution in [1.29, 1.82) is 0 Å². The number of carbonyl (C=O) groups is 4. The average Bonchev–Trinajstić information content (AvgIpc) is 3.59. The van der Waals surface area contributed by atoms with Gasteiger partial charge in [-0.2, -0.15) is 0 Å². The third kappa shape index (κ3) is 7.13. The van der Waals surface area contributed by atoms with Crippen LogP contribution in [0.1, 0.15) is 77.3 Å². The first-order chi connectivity index (χ1) is 19.2. The molecule has 3 aromatic rings. The van der Waals surface area contributed by atoms with Crippen LogP contribution in [0.2, 0.25) is 0 Å². The molecule has 12 heteroatoms. The van der Waals surface area contributed by atoms with E-state index in [-0.39, 0.29) is 36.1 Å². The number of fused-ring (bicyclic) bond motifs is 2. The van der Waals surface area contributed by atoms with E-state index in [4.69, 9.17) is 8.83 Å². The number of amides is 4. The van der Waals surface area contributed by atoms with Gasteiger partial charge >= 0.3 is 0 Å². The molecule has 0 radical (unpaired) electrons. The highest BCUT2D eigenvalue weighted by atomic mass is 16.4. The number of hydrogen-bond acceptors (Lipinski definition) is 8. The van der Waals surface area contributed by atoms with E-state index in [0.29, 0.717) is 25.1 Å². The van der Waals surface area contributed by atoms with E-state index in [1.165, 1.54) is 6.26 Å². The second-order valence-electron chi connectivity index (χ2n) is 10.1. The molecule has 0 saturated heterocycles. The van der Waals surface area contributed by atoms with Gasteiger partial charge in [0, 0.05) is 13.0 Å². The Hall–Kier alpha value is -4.48. The van der Waals surface area contributed by atoms with Gasteiger partial charge in [0.2, 0.25) is 23.5 Å². The van der Waals surface area contributed by atoms with Gasteiger partial charge in [0.05, 0.1) is 5.69 Å². The van der Waals surface area contributed by atoms with Gasteiger partial charge in [-0.1, -0.05) is 44.2 Å². The van der Waals surface area contributed by atoms with Crippen LogP contribution in [0.25, 0.3) is 0 Å². The minimum absolute atomic E-state index is 0.00934. The summed E-state index contributed by atoms with van der Waals surface area (Å²) in [5.41, 5.74) is 1.35. The molecule has 0 saturated carbocycles. The molecule has 212 valence electrons. The number of aromatic nitrogens is 2. The summed E-state index contributed by atoms with van der Waals surface area (Å²) in [6.45, 7) is 5.73. The zero-order chi connectivity index (χ0) is 28.6. The summed E-state index contributed by atoms with van der Waals surface area (Å²) in [5, 5.41) is 11.3. The van der Waals surface area contributed by atoms with E-state index in [2.05, 4.69) is 31.2 Å². The standard InChI is InChI=1S/C28H34N6O6/c1-16(2)22-28-33-21(14-39-28)24(35)29-12-8-7-11-19(31-27(38)23-17(3)30-15-40-23)25(36)32-20(26(37)34-22)13-18-9-5-4-6-10-18/h4-6,9-10,14-16,19-20,22H,7-8,11-13H2,1-3H3,(H,29,35)(H,31,38)(H,32,36)(H,34,37)/t19-,20-,22-/m0/s1. The maximum Gasteiger partial charge on any atom is 0.289 e. The minimum Gasteiger partial charge on any atom is -0.446 e. The summed E-state index contributed by atoms with van der Waals surface area (Å²) in [6.07, 6.45) is 3.95. The summed E-state index contributed by atoms with van der Waals surface area (Å²) in [6, 6.07) is 6.72. The van der Waals surface area contributed by atoms with Gasteiger partial charge in [-0.3, -0.25) is 19.2 Å². The predicted octanol–water partition coefficient (Wildman–Crippen LogP) is 2.22. The Bertz CT molecular complexity index is 1330. The van der Waals surface area contributed by atoms with Crippen LogP contribution in [0.4, 0.5) is 0 Å². The second-order valence-corrected chi connectivity index (χ2v) is 10.1. The number of nitrogens with one attached hydrogen (secondary N) is 4. The number of benzene rings is 1. The maximum atomic E-state index is 13.6. The van der Waals surface area contributed by atoms with Crippen LogP contribution in [0.3, 0.4) is 0 Å². The lowest BCUT2D eigenvalue weighted by atomic mass is 10.0. The van der Waals surface area contributed by atoms with Crippen molar-refractivity contribution in [3.63, 3.8) is 0 Å². The lowest BCUT2D eigenvalue weighted by molar-refractivity contribution is -0.130. The molecule has 4 rings (SSSR count). The van der Waals surface area contributed by atoms with E-state index in [1.807, 2.05) is 44.2 Å². The van der Waals surface area contributed by atoms with Gasteiger partial charge in [-0.25, -0.2) is 9.97 Å². The molecular weight excluding hydrogens is 516 g/mol. The van der Waals surface area contributed by atoms with Gasteiger partial charge in [-0.15, -0.1) is 0 Å². The minimum atomic E-state index is -0.965. The summed E-state index contributed by atoms with van der Waals surface area (Å²) in [7, 11) is 0. The molecule has 2 bridgehead atoms. The number of rotatable bonds is 5. The Labute approximate surface area is 231 Å². The molecule has 1 aliphatic heterocycles. The smallest absolute Gasteiger partial charge is 0.289 e. The molecule has 0 spiro atoms. The molecule has 1 aliphatic rings. The molecule has 4 amide bonds. The first-order valence-electron chi connectivity index (χ1n) is 13.3. The normalized spacial score (nSPS) is 20.9. The fourth-order valence-corrected chi connectivity index (χ4v) is 4.41. The highest BCUT2D eigenvalue weighted by molar-refractivity contribution is 5.97. The number of aryl methyl sites for hydroxylation is 1. The molecule has 40 heavy (non-hydrogen) atoms. The Balaban J connectivity index is 1.63. The molecule has 4 N–H and O–H groups in total. The van der Waals surface area contributed by atoms with E-state index < -0.39 is 41.8 Å². The Morgan fingerprint density at radius 2 is 1.85 bits per heavy atom. The van der Waals surface area contributed by atoms with Crippen LogP contribution in [0, 0.1) is 12.8 Å². The molecule has 1 aromatic carbocycles. The fourth-order valence-electron chi connectivity index (χ4n) is 4.41. The van der Waals surface area contributed by atoms with Crippen molar-refractivity contribution in [1.82, 2.24) is 31.2 Å². The van der Waals surface area contributed by atoms with E-state index in [1.54, 1.807) is 6.92 Å². The molecule has 3 atom stereocenters. The molecule has 2 aromatic heterocycles. The van der Waals surface area contributed by atoms with E-state index >= 15 is 0 Å². The number of carbonyl (C=O) groups excluding carboxylic acids is 4. The molecule has 12 nitrogen and oxygen atoms in total. The third-order valence-electron chi connectivity index (χ3n) is 6.68. The monoisotopic (exact) mass is 550 g/mol. The molecule has 0 fully saturated rings. The third-order valence-corrected chi connectivity index (χ3v) is 6.68. The quantitative estimate of drug-likeness (QED) is 0.375. The topological polar surface area (TPSA) is 168 Å². The van der Waals surface area contributed by atoms with Crippen molar-refractivity contribution in [3.05, 3.63) is 71.6 Å². The number of nitrogens with zero attached hydrogens (tertiary/aromatic N) is 2. The fraction of sp³-hybridized carbons (Fsp3) is 0.429. The summed E-state index contributed by atoms with van der Waals surface area (Å²) in [4.78, 5) is 60.9. The van der Waals surface area contributed by atoms with Gasteiger partial charge < -0.3 is 30.1 Å². The zero-order valence-corrected chi connectivity index (χ0v) is 22.7. The van der Waals surface area contributed by atoms with Crippen molar-refractivity contribution in [2.45, 2.75) is 64.6 Å². The van der Waals surface area contributed by atoms with E-state index in [0.717, 1.165) is 12.0 Å². The summed E-state index contributed by atoms with van der Waals surface area (Å²) in [5.74, 6) is -1.89. The number of oxazole rings is 2. The highest BCUT2D eigenvalue weighted by Crippen LogP contribution is 2.22. The molecule has 0 aliphatic carbocycles. The van der Waals surface area contributed by atoms with Gasteiger partial charge in [-0.05, 0) is 37.7 Å². The second kappa shape index (κ2) is 13.0. The Kier molecular flexibility index (Phi) is 9.31. The first kappa shape index (κ1) is 28.5. The first-order valence-corrected chi connectivity index (χ1v) is 13.3. The van der Waals surface area contributed by atoms with Crippen LogP contribution in [0.5, 0.6) is 0 Å². The highest BCUT2D eigenvalue weighted by Gasteiger charge is 2.32. The van der Waals surface area contributed by atoms with Crippen molar-refractivity contribution in [2.75, 3.05) is 6.54 Å². The van der Waals surface area contributed by atoms with Gasteiger partial charge in [0.15, 0.2) is 12.1 Å². The van der Waals surface area contributed by atoms with Crippen LogP contribution in [-0.4, -0.2) is 52.2 Å². The Morgan fingerprint density at radius 3 is 2.55 bits per heavy atom. The summed E-state index contributed by atoms with van der Waals surface area (Å²) >= 11 is 0. The summed E-state index contributed by atoms with van der Waals surface area (Å²) < 4.78 is 10.8. The maximum absolute atomic E-state index is 13.6. The Morgan fingerprint density at radius 1 is 1.07 bits per heavy atom. The predicted molar refractivity (Wildman–Crippen MR) is 143 cm³/mol. The lowest BCUT2D eigenvalue weighted by Crippen LogP contribution is -2.55. The van der Waals surface area contributed by atoms with Crippen LogP contribution in [-0.2, 0) is 16.0 Å². The van der Waals surface area contributed by atoms with Crippen molar-refractivity contribution >= 4 is 23.6 Å². The molecular formula is C28H34N6O6. The SMILES string of the molecule is Cc1ncoc1C(=O)N[C@H]1CCCCNC(=O)c2coc(n2)[C@H](C(C)C)NC(=O)[C@H](Cc2ccccc2)NC1=O. The van der Waals surface area contributed by atoms with E-state index in [9.17, 15) is 19.2 Å². The molecule has 0 unspecified atom stereocenters. The van der Waals surface area contributed by atoms with Crippen LogP contribution in [0.15, 0.2) is 51.8 Å². The van der Waals surface area contributed by atoms with Crippen molar-refractivity contribution < 1.29 is 28.0 Å². The van der Waals surface area contributed by atoms with Crippen LogP contribution < -0.4 is 21.3 Å². The number of hydrogen-bond donors (Lipinski definition) is 4. The van der Waals surface area contributed by atoms with Crippen molar-refractivity contribution in [2.24, 2.45) is 5.92 Å². The van der Waals surface area contributed by atoms with Gasteiger partial charge in [0.1, 0.15) is 24.4 Å². The van der Waals surface area contributed by atoms with Crippen LogP contribution >= 0.6 is 0 Å². The van der Waals surface area contributed by atoms with Crippen molar-refractivity contribution in [3.8, 4) is 0 Å².